The number of thiophene rings is 1. The smallest absolute Gasteiger partial charge is 0.208 e. The minimum Gasteiger partial charge on any atom is -0.208 e. The maximum absolute atomic E-state index is 12.2. The summed E-state index contributed by atoms with van der Waals surface area (Å²) in [6.07, 6.45) is 0.954. The summed E-state index contributed by atoms with van der Waals surface area (Å²) in [6.45, 7) is 7.83. The molecule has 0 fully saturated rings. The van der Waals surface area contributed by atoms with Crippen LogP contribution in [0.4, 0.5) is 0 Å². The van der Waals surface area contributed by atoms with E-state index in [1.54, 1.807) is 6.07 Å². The van der Waals surface area contributed by atoms with Crippen molar-refractivity contribution in [2.75, 3.05) is 0 Å². The predicted molar refractivity (Wildman–Crippen MR) is 76.0 cm³/mol. The second-order valence-corrected chi connectivity index (χ2v) is 8.58. The molecule has 0 aromatic carbocycles. The van der Waals surface area contributed by atoms with Crippen molar-refractivity contribution in [2.45, 2.75) is 45.1 Å². The van der Waals surface area contributed by atoms with Gasteiger partial charge in [-0.1, -0.05) is 20.3 Å². The Morgan fingerprint density at radius 3 is 2.47 bits per heavy atom. The molecule has 6 heteroatoms. The topological polar surface area (TPSA) is 46.2 Å². The van der Waals surface area contributed by atoms with Crippen LogP contribution in [0.3, 0.4) is 0 Å². The van der Waals surface area contributed by atoms with E-state index in [4.69, 9.17) is 0 Å². The van der Waals surface area contributed by atoms with E-state index >= 15 is 0 Å². The fourth-order valence-corrected chi connectivity index (χ4v) is 5.24. The van der Waals surface area contributed by atoms with Gasteiger partial charge in [0.05, 0.1) is 8.68 Å². The van der Waals surface area contributed by atoms with Gasteiger partial charge in [0, 0.05) is 10.9 Å². The lowest BCUT2D eigenvalue weighted by Gasteiger charge is -2.19. The number of rotatable bonds is 5. The molecule has 3 nitrogen and oxygen atoms in total. The third-order valence-corrected chi connectivity index (χ3v) is 6.34. The number of nitrogens with one attached hydrogen (secondary N) is 1. The minimum absolute atomic E-state index is 0.0527. The van der Waals surface area contributed by atoms with Crippen LogP contribution in [0.1, 0.15) is 32.1 Å². The van der Waals surface area contributed by atoms with E-state index in [9.17, 15) is 8.42 Å². The molecular formula is C11H18BrNO2S2. The van der Waals surface area contributed by atoms with Gasteiger partial charge >= 0.3 is 0 Å². The quantitative estimate of drug-likeness (QED) is 0.891. The highest BCUT2D eigenvalue weighted by molar-refractivity contribution is 9.11. The number of sulfonamides is 1. The summed E-state index contributed by atoms with van der Waals surface area (Å²) in [5, 5.41) is 0. The van der Waals surface area contributed by atoms with Gasteiger partial charge < -0.3 is 0 Å². The Morgan fingerprint density at radius 2 is 2.06 bits per heavy atom. The molecule has 0 amide bonds. The highest BCUT2D eigenvalue weighted by Crippen LogP contribution is 2.29. The van der Waals surface area contributed by atoms with Crippen molar-refractivity contribution in [3.8, 4) is 0 Å². The average molecular weight is 340 g/mol. The van der Waals surface area contributed by atoms with Gasteiger partial charge in [-0.15, -0.1) is 11.3 Å². The molecule has 0 aliphatic rings. The molecule has 0 aliphatic carbocycles. The molecule has 0 radical (unpaired) electrons. The highest BCUT2D eigenvalue weighted by atomic mass is 79.9. The molecule has 1 aromatic rings. The zero-order chi connectivity index (χ0) is 13.2. The number of hydrogen-bond donors (Lipinski definition) is 1. The van der Waals surface area contributed by atoms with E-state index < -0.39 is 10.0 Å². The number of hydrogen-bond acceptors (Lipinski definition) is 3. The van der Waals surface area contributed by atoms with E-state index in [1.807, 2.05) is 20.8 Å². The minimum atomic E-state index is -3.39. The Kier molecular flexibility index (Phi) is 5.19. The van der Waals surface area contributed by atoms with Crippen LogP contribution < -0.4 is 4.72 Å². The van der Waals surface area contributed by atoms with Gasteiger partial charge in [0.1, 0.15) is 0 Å². The Morgan fingerprint density at radius 1 is 1.47 bits per heavy atom. The van der Waals surface area contributed by atoms with Crippen LogP contribution in [0.2, 0.25) is 0 Å². The van der Waals surface area contributed by atoms with Gasteiger partial charge in [-0.2, -0.15) is 0 Å². The van der Waals surface area contributed by atoms with Crippen molar-refractivity contribution in [3.05, 3.63) is 14.7 Å². The molecule has 2 atom stereocenters. The molecule has 1 aromatic heterocycles. The molecule has 0 bridgehead atoms. The van der Waals surface area contributed by atoms with E-state index in [0.29, 0.717) is 10.8 Å². The molecule has 98 valence electrons. The first-order valence-electron chi connectivity index (χ1n) is 5.56. The molecule has 0 saturated carbocycles. The van der Waals surface area contributed by atoms with Crippen LogP contribution in [0.25, 0.3) is 0 Å². The summed E-state index contributed by atoms with van der Waals surface area (Å²) < 4.78 is 27.9. The fraction of sp³-hybridized carbons (Fsp3) is 0.636. The van der Waals surface area contributed by atoms with E-state index in [2.05, 4.69) is 27.6 Å². The van der Waals surface area contributed by atoms with Crippen molar-refractivity contribution in [1.82, 2.24) is 4.72 Å². The molecule has 1 heterocycles. The van der Waals surface area contributed by atoms with E-state index in [-0.39, 0.29) is 6.04 Å². The van der Waals surface area contributed by atoms with Crippen LogP contribution >= 0.6 is 27.3 Å². The fourth-order valence-electron chi connectivity index (χ4n) is 1.48. The third kappa shape index (κ3) is 3.77. The van der Waals surface area contributed by atoms with Crippen LogP contribution in [-0.4, -0.2) is 14.5 Å². The lowest BCUT2D eigenvalue weighted by molar-refractivity contribution is 0.434. The second-order valence-electron chi connectivity index (χ2n) is 4.27. The molecule has 0 spiro atoms. The van der Waals surface area contributed by atoms with Gasteiger partial charge in [-0.05, 0) is 41.8 Å². The summed E-state index contributed by atoms with van der Waals surface area (Å²) in [5.74, 6) is 0.326. The maximum Gasteiger partial charge on any atom is 0.241 e. The average Bonchev–Trinajstić information content (AvgIpc) is 2.56. The Hall–Kier alpha value is 0.0900. The molecular weight excluding hydrogens is 322 g/mol. The lowest BCUT2D eigenvalue weighted by atomic mass is 10.0. The summed E-state index contributed by atoms with van der Waals surface area (Å²) >= 11 is 4.75. The molecule has 0 aliphatic heterocycles. The van der Waals surface area contributed by atoms with Crippen LogP contribution in [-0.2, 0) is 10.0 Å². The monoisotopic (exact) mass is 339 g/mol. The standard InChI is InChI=1S/C11H18BrNO2S2/c1-5-7(2)8(3)13-17(14,15)10-6-11(12)16-9(10)4/h6-8,13H,5H2,1-4H3. The zero-order valence-electron chi connectivity index (χ0n) is 10.5. The molecule has 0 saturated heterocycles. The second kappa shape index (κ2) is 5.82. The number of halogens is 1. The van der Waals surface area contributed by atoms with Gasteiger partial charge in [-0.25, -0.2) is 13.1 Å². The van der Waals surface area contributed by atoms with E-state index in [1.165, 1.54) is 11.3 Å². The first-order chi connectivity index (χ1) is 7.77. The highest BCUT2D eigenvalue weighted by Gasteiger charge is 2.23. The summed E-state index contributed by atoms with van der Waals surface area (Å²) in [5.41, 5.74) is 0. The molecule has 1 rings (SSSR count). The normalized spacial score (nSPS) is 15.8. The van der Waals surface area contributed by atoms with Crippen molar-refractivity contribution >= 4 is 37.3 Å². The first-order valence-corrected chi connectivity index (χ1v) is 8.65. The van der Waals surface area contributed by atoms with Crippen LogP contribution in [0.5, 0.6) is 0 Å². The Bertz CT molecular complexity index is 482. The summed E-state index contributed by atoms with van der Waals surface area (Å²) in [6, 6.07) is 1.61. The summed E-state index contributed by atoms with van der Waals surface area (Å²) in [7, 11) is -3.39. The first kappa shape index (κ1) is 15.1. The van der Waals surface area contributed by atoms with Gasteiger partial charge in [0.15, 0.2) is 0 Å². The van der Waals surface area contributed by atoms with E-state index in [0.717, 1.165) is 15.1 Å². The van der Waals surface area contributed by atoms with Crippen LogP contribution in [0.15, 0.2) is 14.7 Å². The molecule has 2 unspecified atom stereocenters. The maximum atomic E-state index is 12.2. The van der Waals surface area contributed by atoms with Gasteiger partial charge in [0.2, 0.25) is 10.0 Å². The SMILES string of the molecule is CCC(C)C(C)NS(=O)(=O)c1cc(Br)sc1C. The van der Waals surface area contributed by atoms with Crippen molar-refractivity contribution in [2.24, 2.45) is 5.92 Å². The molecule has 17 heavy (non-hydrogen) atoms. The van der Waals surface area contributed by atoms with Crippen LogP contribution in [0, 0.1) is 12.8 Å². The number of aryl methyl sites for hydroxylation is 1. The predicted octanol–water partition coefficient (Wildman–Crippen LogP) is 3.53. The lowest BCUT2D eigenvalue weighted by Crippen LogP contribution is -2.36. The van der Waals surface area contributed by atoms with Crippen molar-refractivity contribution < 1.29 is 8.42 Å². The Balaban J connectivity index is 2.93. The zero-order valence-corrected chi connectivity index (χ0v) is 13.7. The third-order valence-electron chi connectivity index (χ3n) is 2.97. The Labute approximate surface area is 116 Å². The summed E-state index contributed by atoms with van der Waals surface area (Å²) in [4.78, 5) is 1.19. The van der Waals surface area contributed by atoms with Crippen molar-refractivity contribution in [3.63, 3.8) is 0 Å². The molecule has 1 N–H and O–H groups in total. The van der Waals surface area contributed by atoms with Gasteiger partial charge in [-0.3, -0.25) is 0 Å². The van der Waals surface area contributed by atoms with Gasteiger partial charge in [0.25, 0.3) is 0 Å². The largest absolute Gasteiger partial charge is 0.241 e. The van der Waals surface area contributed by atoms with Crippen molar-refractivity contribution in [1.29, 1.82) is 0 Å².